The average Bonchev–Trinajstić information content (AvgIpc) is 2.88. The molecule has 0 aliphatic heterocycles. The lowest BCUT2D eigenvalue weighted by atomic mass is 10.0. The fourth-order valence-corrected chi connectivity index (χ4v) is 3.96. The van der Waals surface area contributed by atoms with E-state index >= 15 is 0 Å². The average molecular weight is 611 g/mol. The number of rotatable bonds is 8. The highest BCUT2D eigenvalue weighted by Gasteiger charge is 2.37. The maximum atomic E-state index is 13.5. The number of hydrogen-bond donors (Lipinski definition) is 0. The number of benzene rings is 2. The predicted molar refractivity (Wildman–Crippen MR) is 136 cm³/mol. The minimum atomic E-state index is -4.97. The van der Waals surface area contributed by atoms with E-state index < -0.39 is 23.5 Å². The summed E-state index contributed by atoms with van der Waals surface area (Å²) >= 11 is 3.23. The van der Waals surface area contributed by atoms with Crippen LogP contribution in [0.3, 0.4) is 0 Å². The number of aryl methyl sites for hydroxylation is 1. The molecule has 0 radical (unpaired) electrons. The molecule has 0 saturated heterocycles. The first-order valence-electron chi connectivity index (χ1n) is 11.5. The molecular weight excluding hydrogens is 590 g/mol. The number of ether oxygens (including phenoxy) is 1. The smallest absolute Gasteiger partial charge is 0.416 e. The number of anilines is 1. The van der Waals surface area contributed by atoms with Crippen molar-refractivity contribution in [1.82, 2.24) is 15.0 Å². The van der Waals surface area contributed by atoms with Gasteiger partial charge in [0.25, 0.3) is 0 Å². The first-order chi connectivity index (χ1) is 18.4. The Morgan fingerprint density at radius 2 is 1.41 bits per heavy atom. The largest absolute Gasteiger partial charge is 0.487 e. The monoisotopic (exact) mass is 610 g/mol. The Morgan fingerprint density at radius 3 is 2.00 bits per heavy atom. The van der Waals surface area contributed by atoms with Crippen molar-refractivity contribution in [3.8, 4) is 5.75 Å². The predicted octanol–water partition coefficient (Wildman–Crippen LogP) is 7.77. The van der Waals surface area contributed by atoms with Gasteiger partial charge in [-0.2, -0.15) is 26.3 Å². The van der Waals surface area contributed by atoms with E-state index in [1.807, 2.05) is 30.3 Å². The van der Waals surface area contributed by atoms with E-state index in [4.69, 9.17) is 4.74 Å². The van der Waals surface area contributed by atoms with Crippen LogP contribution in [0.25, 0.3) is 0 Å². The lowest BCUT2D eigenvalue weighted by molar-refractivity contribution is -0.143. The Kier molecular flexibility index (Phi) is 8.43. The molecule has 0 atom stereocenters. The molecule has 0 amide bonds. The summed E-state index contributed by atoms with van der Waals surface area (Å²) in [5, 5.41) is 0. The van der Waals surface area contributed by atoms with E-state index in [1.165, 1.54) is 17.3 Å². The molecule has 204 valence electrons. The topological polar surface area (TPSA) is 51.1 Å². The molecule has 39 heavy (non-hydrogen) atoms. The van der Waals surface area contributed by atoms with Crippen LogP contribution in [0.15, 0.2) is 77.5 Å². The molecular formula is C27H21BrF6N4O. The zero-order chi connectivity index (χ0) is 28.2. The highest BCUT2D eigenvalue weighted by molar-refractivity contribution is 9.10. The van der Waals surface area contributed by atoms with Crippen molar-refractivity contribution in [1.29, 1.82) is 0 Å². The van der Waals surface area contributed by atoms with Gasteiger partial charge in [0.15, 0.2) is 0 Å². The van der Waals surface area contributed by atoms with Crippen molar-refractivity contribution in [2.75, 3.05) is 4.90 Å². The van der Waals surface area contributed by atoms with Crippen molar-refractivity contribution >= 4 is 21.9 Å². The molecule has 0 aliphatic rings. The van der Waals surface area contributed by atoms with Gasteiger partial charge in [0.05, 0.1) is 22.1 Å². The third kappa shape index (κ3) is 7.69. The molecule has 0 spiro atoms. The number of pyridine rings is 1. The zero-order valence-electron chi connectivity index (χ0n) is 20.4. The summed E-state index contributed by atoms with van der Waals surface area (Å²) in [5.74, 6) is 0.494. The van der Waals surface area contributed by atoms with Crippen molar-refractivity contribution in [2.24, 2.45) is 0 Å². The quantitative estimate of drug-likeness (QED) is 0.191. The maximum Gasteiger partial charge on any atom is 0.416 e. The normalized spacial score (nSPS) is 11.9. The van der Waals surface area contributed by atoms with Crippen LogP contribution >= 0.6 is 15.9 Å². The molecule has 12 heteroatoms. The minimum Gasteiger partial charge on any atom is -0.487 e. The number of alkyl halides is 6. The summed E-state index contributed by atoms with van der Waals surface area (Å²) in [7, 11) is 0. The number of nitrogens with zero attached hydrogens (tertiary/aromatic N) is 4. The molecule has 2 heterocycles. The molecule has 5 nitrogen and oxygen atoms in total. The van der Waals surface area contributed by atoms with Crippen molar-refractivity contribution in [3.05, 3.63) is 111 Å². The van der Waals surface area contributed by atoms with E-state index in [1.54, 1.807) is 19.1 Å². The third-order valence-corrected chi connectivity index (χ3v) is 5.97. The SMILES string of the molecule is Cc1ccc(OCc2ccccc2)c(CN(Cc2cc(C(F)(F)F)cc(C(F)(F)F)c2)c2ncc(Br)cn2)n1. The Balaban J connectivity index is 1.71. The highest BCUT2D eigenvalue weighted by atomic mass is 79.9. The molecule has 2 aromatic carbocycles. The second kappa shape index (κ2) is 11.6. The zero-order valence-corrected chi connectivity index (χ0v) is 22.0. The third-order valence-electron chi connectivity index (χ3n) is 5.56. The molecule has 0 unspecified atom stereocenters. The van der Waals surface area contributed by atoms with Crippen molar-refractivity contribution in [2.45, 2.75) is 39.0 Å². The van der Waals surface area contributed by atoms with Gasteiger partial charge in [-0.3, -0.25) is 4.98 Å². The fraction of sp³-hybridized carbons (Fsp3) is 0.222. The number of aromatic nitrogens is 3. The number of halogens is 7. The van der Waals surface area contributed by atoms with Gasteiger partial charge < -0.3 is 9.64 Å². The van der Waals surface area contributed by atoms with Gasteiger partial charge in [-0.15, -0.1) is 0 Å². The Morgan fingerprint density at radius 1 is 0.795 bits per heavy atom. The van der Waals surface area contributed by atoms with E-state index in [-0.39, 0.29) is 37.3 Å². The first-order valence-corrected chi connectivity index (χ1v) is 12.3. The number of hydrogen-bond acceptors (Lipinski definition) is 5. The lowest BCUT2D eigenvalue weighted by Gasteiger charge is -2.25. The molecule has 0 bridgehead atoms. The summed E-state index contributed by atoms with van der Waals surface area (Å²) in [6.07, 6.45) is -7.07. The van der Waals surface area contributed by atoms with Crippen LogP contribution in [0.5, 0.6) is 5.75 Å². The van der Waals surface area contributed by atoms with Gasteiger partial charge in [-0.1, -0.05) is 30.3 Å². The molecule has 2 aromatic heterocycles. The summed E-state index contributed by atoms with van der Waals surface area (Å²) in [6.45, 7) is 1.58. The summed E-state index contributed by atoms with van der Waals surface area (Å²) in [6, 6.07) is 14.3. The van der Waals surface area contributed by atoms with Gasteiger partial charge in [0.2, 0.25) is 5.95 Å². The van der Waals surface area contributed by atoms with Gasteiger partial charge in [-0.25, -0.2) is 9.97 Å². The van der Waals surface area contributed by atoms with E-state index in [0.717, 1.165) is 5.56 Å². The Bertz CT molecular complexity index is 1380. The van der Waals surface area contributed by atoms with Crippen LogP contribution in [0.1, 0.15) is 33.6 Å². The Labute approximate surface area is 228 Å². The highest BCUT2D eigenvalue weighted by Crippen LogP contribution is 2.37. The molecule has 0 fully saturated rings. The Hall–Kier alpha value is -3.67. The van der Waals surface area contributed by atoms with Crippen LogP contribution in [0.4, 0.5) is 32.3 Å². The van der Waals surface area contributed by atoms with Crippen LogP contribution < -0.4 is 9.64 Å². The van der Waals surface area contributed by atoms with Crippen molar-refractivity contribution < 1.29 is 31.1 Å². The lowest BCUT2D eigenvalue weighted by Crippen LogP contribution is -2.26. The second-order valence-electron chi connectivity index (χ2n) is 8.64. The van der Waals surface area contributed by atoms with Crippen LogP contribution in [-0.4, -0.2) is 15.0 Å². The fourth-order valence-electron chi connectivity index (χ4n) is 3.76. The maximum absolute atomic E-state index is 13.5. The summed E-state index contributed by atoms with van der Waals surface area (Å²) < 4.78 is 87.4. The molecule has 4 rings (SSSR count). The standard InChI is InChI=1S/C27H21BrF6N4O/c1-17-7-8-24(39-16-18-5-3-2-4-6-18)23(37-17)15-38(25-35-12-22(28)13-36-25)14-19-9-20(26(29,30)31)11-21(10-19)27(32,33)34/h2-13H,14-16H2,1H3. The van der Waals surface area contributed by atoms with E-state index in [0.29, 0.717) is 33.7 Å². The van der Waals surface area contributed by atoms with Gasteiger partial charge in [0.1, 0.15) is 18.1 Å². The molecule has 4 aromatic rings. The second-order valence-corrected chi connectivity index (χ2v) is 9.56. The summed E-state index contributed by atoms with van der Waals surface area (Å²) in [4.78, 5) is 14.4. The van der Waals surface area contributed by atoms with Gasteiger partial charge >= 0.3 is 12.4 Å². The summed E-state index contributed by atoms with van der Waals surface area (Å²) in [5.41, 5.74) is -1.05. The minimum absolute atomic E-state index is 0.0506. The molecule has 0 aliphatic carbocycles. The van der Waals surface area contributed by atoms with Crippen LogP contribution in [-0.2, 0) is 32.0 Å². The van der Waals surface area contributed by atoms with E-state index in [9.17, 15) is 26.3 Å². The molecule has 0 N–H and O–H groups in total. The van der Waals surface area contributed by atoms with E-state index in [2.05, 4.69) is 30.9 Å². The van der Waals surface area contributed by atoms with Crippen LogP contribution in [0, 0.1) is 6.92 Å². The van der Waals surface area contributed by atoms with Crippen molar-refractivity contribution in [3.63, 3.8) is 0 Å². The van der Waals surface area contributed by atoms with Crippen LogP contribution in [0.2, 0.25) is 0 Å². The molecule has 0 saturated carbocycles. The van der Waals surface area contributed by atoms with Gasteiger partial charge in [0, 0.05) is 24.6 Å². The van der Waals surface area contributed by atoms with Gasteiger partial charge in [-0.05, 0) is 64.3 Å². The first kappa shape index (κ1) is 28.3.